The Morgan fingerprint density at radius 2 is 1.90 bits per heavy atom. The molecule has 2 aromatic carbocycles. The molecule has 3 rings (SSSR count). The molecule has 0 aliphatic carbocycles. The van der Waals surface area contributed by atoms with E-state index in [1.165, 1.54) is 31.6 Å². The number of aromatic nitrogens is 2. The van der Waals surface area contributed by atoms with Crippen molar-refractivity contribution < 1.29 is 18.8 Å². The summed E-state index contributed by atoms with van der Waals surface area (Å²) in [7, 11) is 1.39. The van der Waals surface area contributed by atoms with Gasteiger partial charge in [0.15, 0.2) is 5.75 Å². The van der Waals surface area contributed by atoms with Crippen LogP contribution in [0.1, 0.15) is 25.1 Å². The van der Waals surface area contributed by atoms with Crippen LogP contribution in [-0.4, -0.2) is 28.1 Å². The third kappa shape index (κ3) is 4.84. The summed E-state index contributed by atoms with van der Waals surface area (Å²) in [6, 6.07) is 10.8. The second-order valence-corrected chi connectivity index (χ2v) is 6.64. The topological polar surface area (TPSA) is 87.4 Å². The fourth-order valence-corrected chi connectivity index (χ4v) is 2.90. The van der Waals surface area contributed by atoms with Crippen molar-refractivity contribution in [3.63, 3.8) is 0 Å². The highest BCUT2D eigenvalue weighted by Gasteiger charge is 2.16. The molecular weight excluding hydrogens is 377 g/mol. The van der Waals surface area contributed by atoms with Crippen LogP contribution in [-0.2, 0) is 6.42 Å². The van der Waals surface area contributed by atoms with Crippen LogP contribution in [0, 0.1) is 15.9 Å². The van der Waals surface area contributed by atoms with Crippen LogP contribution in [0.4, 0.5) is 10.1 Å². The average Bonchev–Trinajstić information content (AvgIpc) is 2.67. The summed E-state index contributed by atoms with van der Waals surface area (Å²) in [5.41, 5.74) is 2.48. The van der Waals surface area contributed by atoms with E-state index in [-0.39, 0.29) is 17.5 Å². The molecule has 0 aliphatic heterocycles. The first-order valence-electron chi connectivity index (χ1n) is 8.96. The van der Waals surface area contributed by atoms with Gasteiger partial charge >= 0.3 is 5.69 Å². The fraction of sp³-hybridized carbons (Fsp3) is 0.238. The van der Waals surface area contributed by atoms with Crippen molar-refractivity contribution >= 4 is 5.69 Å². The van der Waals surface area contributed by atoms with Crippen LogP contribution < -0.4 is 9.47 Å². The molecule has 1 aromatic heterocycles. The minimum Gasteiger partial charge on any atom is -0.490 e. The van der Waals surface area contributed by atoms with E-state index in [1.54, 1.807) is 24.3 Å². The lowest BCUT2D eigenvalue weighted by Gasteiger charge is -2.14. The van der Waals surface area contributed by atoms with Gasteiger partial charge in [0.05, 0.1) is 23.8 Å². The Labute approximate surface area is 167 Å². The summed E-state index contributed by atoms with van der Waals surface area (Å²) < 4.78 is 24.4. The van der Waals surface area contributed by atoms with Crippen molar-refractivity contribution in [2.45, 2.75) is 26.4 Å². The SMILES string of the molecule is COc1ccc(Cc2cc(-c3ccc(F)cc3OC(C)C)ncn2)cc1[N+](=O)[O-]. The zero-order valence-electron chi connectivity index (χ0n) is 16.3. The predicted molar refractivity (Wildman–Crippen MR) is 106 cm³/mol. The second-order valence-electron chi connectivity index (χ2n) is 6.64. The molecule has 1 heterocycles. The van der Waals surface area contributed by atoms with Gasteiger partial charge in [-0.3, -0.25) is 10.1 Å². The lowest BCUT2D eigenvalue weighted by molar-refractivity contribution is -0.385. The zero-order valence-corrected chi connectivity index (χ0v) is 16.3. The van der Waals surface area contributed by atoms with E-state index in [0.717, 1.165) is 0 Å². The molecule has 8 heteroatoms. The minimum atomic E-state index is -0.484. The Balaban J connectivity index is 1.94. The first kappa shape index (κ1) is 20.2. The maximum absolute atomic E-state index is 13.7. The van der Waals surface area contributed by atoms with Gasteiger partial charge in [0.2, 0.25) is 0 Å². The van der Waals surface area contributed by atoms with Crippen molar-refractivity contribution in [3.8, 4) is 22.8 Å². The quantitative estimate of drug-likeness (QED) is 0.428. The first-order valence-corrected chi connectivity index (χ1v) is 8.96. The van der Waals surface area contributed by atoms with E-state index in [0.29, 0.717) is 34.7 Å². The number of nitrogens with zero attached hydrogens (tertiary/aromatic N) is 3. The van der Waals surface area contributed by atoms with Gasteiger partial charge in [0.1, 0.15) is 17.9 Å². The van der Waals surface area contributed by atoms with Gasteiger partial charge in [-0.2, -0.15) is 0 Å². The number of hydrogen-bond acceptors (Lipinski definition) is 6. The molecule has 0 spiro atoms. The molecule has 150 valence electrons. The zero-order chi connectivity index (χ0) is 21.0. The summed E-state index contributed by atoms with van der Waals surface area (Å²) in [5.74, 6) is 0.192. The summed E-state index contributed by atoms with van der Waals surface area (Å²) in [4.78, 5) is 19.3. The number of methoxy groups -OCH3 is 1. The summed E-state index contributed by atoms with van der Waals surface area (Å²) >= 11 is 0. The second kappa shape index (κ2) is 8.64. The van der Waals surface area contributed by atoms with E-state index in [9.17, 15) is 14.5 Å². The molecule has 0 saturated heterocycles. The molecule has 0 unspecified atom stereocenters. The van der Waals surface area contributed by atoms with Gasteiger partial charge in [-0.1, -0.05) is 6.07 Å². The van der Waals surface area contributed by atoms with Gasteiger partial charge in [-0.25, -0.2) is 14.4 Å². The number of halogens is 1. The highest BCUT2D eigenvalue weighted by Crippen LogP contribution is 2.31. The molecule has 0 N–H and O–H groups in total. The standard InChI is InChI=1S/C21H20FN3O4/c1-13(2)29-21-10-15(22)5-6-17(21)18-11-16(23-12-24-18)8-14-4-7-20(28-3)19(9-14)25(26)27/h4-7,9-13H,8H2,1-3H3. The maximum atomic E-state index is 13.7. The van der Waals surface area contributed by atoms with Crippen LogP contribution in [0.25, 0.3) is 11.3 Å². The predicted octanol–water partition coefficient (Wildman–Crippen LogP) is 4.58. The van der Waals surface area contributed by atoms with E-state index >= 15 is 0 Å². The Morgan fingerprint density at radius 3 is 2.59 bits per heavy atom. The van der Waals surface area contributed by atoms with Gasteiger partial charge in [0.25, 0.3) is 0 Å². The lowest BCUT2D eigenvalue weighted by Crippen LogP contribution is -2.07. The largest absolute Gasteiger partial charge is 0.490 e. The molecule has 0 amide bonds. The molecule has 29 heavy (non-hydrogen) atoms. The highest BCUT2D eigenvalue weighted by molar-refractivity contribution is 5.67. The normalized spacial score (nSPS) is 10.8. The molecule has 0 radical (unpaired) electrons. The number of hydrogen-bond donors (Lipinski definition) is 0. The summed E-state index contributed by atoms with van der Waals surface area (Å²) in [5, 5.41) is 11.2. The van der Waals surface area contributed by atoms with Gasteiger partial charge in [0, 0.05) is 29.8 Å². The Morgan fingerprint density at radius 1 is 1.10 bits per heavy atom. The fourth-order valence-electron chi connectivity index (χ4n) is 2.90. The van der Waals surface area contributed by atoms with Gasteiger partial charge < -0.3 is 9.47 Å². The van der Waals surface area contributed by atoms with E-state index in [1.807, 2.05) is 13.8 Å². The lowest BCUT2D eigenvalue weighted by atomic mass is 10.1. The van der Waals surface area contributed by atoms with Crippen molar-refractivity contribution in [3.05, 3.63) is 76.0 Å². The monoisotopic (exact) mass is 397 g/mol. The Bertz CT molecular complexity index is 1040. The van der Waals surface area contributed by atoms with Crippen LogP contribution in [0.3, 0.4) is 0 Å². The number of nitro benzene ring substituents is 1. The Kier molecular flexibility index (Phi) is 6.01. The number of benzene rings is 2. The molecule has 0 aliphatic rings. The van der Waals surface area contributed by atoms with Crippen molar-refractivity contribution in [1.82, 2.24) is 9.97 Å². The number of ether oxygens (including phenoxy) is 2. The smallest absolute Gasteiger partial charge is 0.311 e. The highest BCUT2D eigenvalue weighted by atomic mass is 19.1. The van der Waals surface area contributed by atoms with Crippen LogP contribution in [0.2, 0.25) is 0 Å². The van der Waals surface area contributed by atoms with Crippen LogP contribution in [0.5, 0.6) is 11.5 Å². The van der Waals surface area contributed by atoms with E-state index in [2.05, 4.69) is 9.97 Å². The third-order valence-electron chi connectivity index (χ3n) is 4.13. The van der Waals surface area contributed by atoms with Gasteiger partial charge in [-0.15, -0.1) is 0 Å². The third-order valence-corrected chi connectivity index (χ3v) is 4.13. The van der Waals surface area contributed by atoms with Crippen LogP contribution in [0.15, 0.2) is 48.8 Å². The number of nitro groups is 1. The molecular formula is C21H20FN3O4. The van der Waals surface area contributed by atoms with Crippen molar-refractivity contribution in [2.24, 2.45) is 0 Å². The van der Waals surface area contributed by atoms with E-state index < -0.39 is 10.7 Å². The first-order chi connectivity index (χ1) is 13.9. The molecule has 0 bridgehead atoms. The molecule has 3 aromatic rings. The molecule has 7 nitrogen and oxygen atoms in total. The van der Waals surface area contributed by atoms with Crippen molar-refractivity contribution in [2.75, 3.05) is 7.11 Å². The average molecular weight is 397 g/mol. The summed E-state index contributed by atoms with van der Waals surface area (Å²) in [6.07, 6.45) is 1.64. The number of rotatable bonds is 7. The molecule has 0 fully saturated rings. The molecule has 0 saturated carbocycles. The Hall–Kier alpha value is -3.55. The van der Waals surface area contributed by atoms with Crippen LogP contribution >= 0.6 is 0 Å². The minimum absolute atomic E-state index is 0.106. The maximum Gasteiger partial charge on any atom is 0.311 e. The van der Waals surface area contributed by atoms with E-state index in [4.69, 9.17) is 9.47 Å². The summed E-state index contributed by atoms with van der Waals surface area (Å²) in [6.45, 7) is 3.72. The van der Waals surface area contributed by atoms with Crippen molar-refractivity contribution in [1.29, 1.82) is 0 Å². The molecule has 0 atom stereocenters. The van der Waals surface area contributed by atoms with Gasteiger partial charge in [-0.05, 0) is 43.7 Å².